The number of thioether (sulfide) groups is 1. The van der Waals surface area contributed by atoms with Gasteiger partial charge >= 0.3 is 5.97 Å². The van der Waals surface area contributed by atoms with Crippen LogP contribution in [0.2, 0.25) is 0 Å². The molecule has 0 amide bonds. The molecule has 1 aromatic carbocycles. The molecule has 2 N–H and O–H groups in total. The lowest BCUT2D eigenvalue weighted by Gasteiger charge is -2.28. The Morgan fingerprint density at radius 2 is 2.00 bits per heavy atom. The molecule has 5 nitrogen and oxygen atoms in total. The maximum absolute atomic E-state index is 11.5. The number of benzene rings is 1. The molecule has 2 atom stereocenters. The third-order valence-corrected chi connectivity index (χ3v) is 5.83. The molecular weight excluding hydrogens is 345 g/mol. The van der Waals surface area contributed by atoms with Gasteiger partial charge in [0.15, 0.2) is 13.8 Å². The van der Waals surface area contributed by atoms with Gasteiger partial charge < -0.3 is 10.2 Å². The highest BCUT2D eigenvalue weighted by molar-refractivity contribution is 7.99. The summed E-state index contributed by atoms with van der Waals surface area (Å²) in [5, 5.41) is 19.9. The minimum Gasteiger partial charge on any atom is -0.481 e. The van der Waals surface area contributed by atoms with Gasteiger partial charge in [0.1, 0.15) is 0 Å². The van der Waals surface area contributed by atoms with Crippen LogP contribution in [0.1, 0.15) is 20.3 Å². The van der Waals surface area contributed by atoms with Crippen molar-refractivity contribution in [1.29, 1.82) is 0 Å². The summed E-state index contributed by atoms with van der Waals surface area (Å²) in [5.41, 5.74) is 0.822. The zero-order valence-electron chi connectivity index (χ0n) is 13.5. The third-order valence-electron chi connectivity index (χ3n) is 3.73. The van der Waals surface area contributed by atoms with Crippen molar-refractivity contribution in [3.05, 3.63) is 36.4 Å². The highest BCUT2D eigenvalue weighted by Gasteiger charge is 2.43. The number of carboxylic acid groups (broad SMARTS) is 1. The van der Waals surface area contributed by atoms with Crippen molar-refractivity contribution in [3.63, 3.8) is 0 Å². The van der Waals surface area contributed by atoms with Gasteiger partial charge in [0.05, 0.1) is 16.5 Å². The number of hydrogen-bond acceptors (Lipinski definition) is 5. The van der Waals surface area contributed by atoms with Crippen LogP contribution in [0.4, 0.5) is 0 Å². The molecule has 0 spiro atoms. The number of pyridine rings is 1. The Morgan fingerprint density at radius 3 is 2.62 bits per heavy atom. The molecule has 0 aliphatic heterocycles. The number of para-hydroxylation sites is 1. The molecule has 2 rings (SSSR count). The Hall–Kier alpha value is -1.49. The van der Waals surface area contributed by atoms with Gasteiger partial charge in [0.25, 0.3) is 0 Å². The Kier molecular flexibility index (Phi) is 6.33. The van der Waals surface area contributed by atoms with Crippen LogP contribution >= 0.6 is 20.2 Å². The van der Waals surface area contributed by atoms with Gasteiger partial charge in [0.2, 0.25) is 0 Å². The summed E-state index contributed by atoms with van der Waals surface area (Å²) in [5.74, 6) is -2.16. The van der Waals surface area contributed by atoms with Crippen LogP contribution in [0.5, 0.6) is 0 Å². The predicted octanol–water partition coefficient (Wildman–Crippen LogP) is 4.05. The highest BCUT2D eigenvalue weighted by Crippen LogP contribution is 2.38. The average Bonchev–Trinajstić information content (AvgIpc) is 2.57. The summed E-state index contributed by atoms with van der Waals surface area (Å²) in [6, 6.07) is 11.4. The highest BCUT2D eigenvalue weighted by atomic mass is 32.2. The largest absolute Gasteiger partial charge is 0.481 e. The average molecular weight is 365 g/mol. The fourth-order valence-corrected chi connectivity index (χ4v) is 4.09. The smallest absolute Gasteiger partial charge is 0.310 e. The normalized spacial score (nSPS) is 15.5. The van der Waals surface area contributed by atoms with Crippen LogP contribution < -0.4 is 0 Å². The first-order valence-corrected chi connectivity index (χ1v) is 9.44. The second-order valence-electron chi connectivity index (χ2n) is 6.12. The first kappa shape index (κ1) is 18.8. The summed E-state index contributed by atoms with van der Waals surface area (Å²) in [6.07, 6.45) is 0.257. The van der Waals surface area contributed by atoms with Crippen molar-refractivity contribution in [1.82, 2.24) is 4.98 Å². The van der Waals surface area contributed by atoms with Crippen LogP contribution in [0.25, 0.3) is 10.9 Å². The van der Waals surface area contributed by atoms with E-state index in [1.54, 1.807) is 0 Å². The van der Waals surface area contributed by atoms with Gasteiger partial charge in [0, 0.05) is 11.1 Å². The lowest BCUT2D eigenvalue weighted by molar-refractivity contribution is -0.147. The fourth-order valence-electron chi connectivity index (χ4n) is 2.46. The Bertz CT molecular complexity index is 739. The number of hydrogen-bond donors (Lipinski definition) is 2. The standard InChI is InChI=1S/C17H20NO4PS/c1-11(2)9-13(16(19)20)17(21,23-22)10-24-15-8-7-12-5-3-4-6-14(12)18-15/h3-8,11,13,21H,9-10H2,1-2H3,(H,19,20). The Labute approximate surface area is 146 Å². The maximum atomic E-state index is 11.5. The molecule has 7 heteroatoms. The molecule has 0 saturated heterocycles. The molecule has 0 saturated carbocycles. The van der Waals surface area contributed by atoms with Crippen LogP contribution in [0, 0.1) is 11.8 Å². The predicted molar refractivity (Wildman–Crippen MR) is 95.6 cm³/mol. The van der Waals surface area contributed by atoms with E-state index in [1.807, 2.05) is 50.2 Å². The number of aromatic nitrogens is 1. The maximum Gasteiger partial charge on any atom is 0.310 e. The lowest BCUT2D eigenvalue weighted by Crippen LogP contribution is -2.40. The number of rotatable bonds is 8. The molecule has 0 radical (unpaired) electrons. The molecule has 0 aliphatic rings. The monoisotopic (exact) mass is 365 g/mol. The van der Waals surface area contributed by atoms with Crippen LogP contribution in [-0.4, -0.2) is 32.3 Å². The summed E-state index contributed by atoms with van der Waals surface area (Å²) >= 11 is 1.21. The first-order chi connectivity index (χ1) is 11.4. The fraction of sp³-hybridized carbons (Fsp3) is 0.412. The van der Waals surface area contributed by atoms with Gasteiger partial charge in [-0.1, -0.05) is 38.1 Å². The van der Waals surface area contributed by atoms with Crippen molar-refractivity contribution in [2.24, 2.45) is 11.8 Å². The zero-order valence-corrected chi connectivity index (χ0v) is 15.3. The van der Waals surface area contributed by atoms with E-state index in [2.05, 4.69) is 4.98 Å². The molecule has 1 heterocycles. The minimum absolute atomic E-state index is 0.00686. The number of aliphatic hydroxyl groups is 1. The van der Waals surface area contributed by atoms with Crippen LogP contribution in [-0.2, 0) is 9.36 Å². The number of aliphatic carboxylic acids is 1. The second-order valence-corrected chi connectivity index (χ2v) is 8.07. The number of nitrogens with zero attached hydrogens (tertiary/aromatic N) is 1. The second kappa shape index (κ2) is 8.06. The van der Waals surface area contributed by atoms with Gasteiger partial charge in [-0.25, -0.2) is 4.98 Å². The van der Waals surface area contributed by atoms with Crippen LogP contribution in [0.15, 0.2) is 41.4 Å². The summed E-state index contributed by atoms with van der Waals surface area (Å²) in [6.45, 7) is 3.74. The lowest BCUT2D eigenvalue weighted by atomic mass is 9.92. The van der Waals surface area contributed by atoms with E-state index in [1.165, 1.54) is 11.8 Å². The van der Waals surface area contributed by atoms with Crippen LogP contribution in [0.3, 0.4) is 0 Å². The molecule has 2 aromatic rings. The quantitative estimate of drug-likeness (QED) is 0.542. The molecular formula is C17H20NO4PS. The van der Waals surface area contributed by atoms with E-state index >= 15 is 0 Å². The van der Waals surface area contributed by atoms with Crippen molar-refractivity contribution in [2.75, 3.05) is 5.75 Å². The number of fused-ring (bicyclic) bond motifs is 1. The minimum atomic E-state index is -1.83. The molecule has 2 unspecified atom stereocenters. The van der Waals surface area contributed by atoms with Gasteiger partial charge in [-0.05, 0) is 24.5 Å². The Balaban J connectivity index is 2.18. The first-order valence-electron chi connectivity index (χ1n) is 7.64. The number of carboxylic acids is 1. The van der Waals surface area contributed by atoms with Crippen molar-refractivity contribution >= 4 is 37.1 Å². The van der Waals surface area contributed by atoms with Crippen molar-refractivity contribution in [2.45, 2.75) is 30.6 Å². The van der Waals surface area contributed by atoms with Gasteiger partial charge in [-0.15, -0.1) is 11.8 Å². The molecule has 0 bridgehead atoms. The molecule has 0 fully saturated rings. The molecule has 0 aliphatic carbocycles. The SMILES string of the molecule is CC(C)CC(C(=O)O)C(O)(CSc1ccc2ccccc2n1)P=O. The van der Waals surface area contributed by atoms with E-state index in [0.717, 1.165) is 10.9 Å². The van der Waals surface area contributed by atoms with Crippen molar-refractivity contribution in [3.8, 4) is 0 Å². The molecule has 128 valence electrons. The topological polar surface area (TPSA) is 87.5 Å². The van der Waals surface area contributed by atoms with E-state index in [4.69, 9.17) is 0 Å². The van der Waals surface area contributed by atoms with E-state index < -0.39 is 25.7 Å². The Morgan fingerprint density at radius 1 is 1.29 bits per heavy atom. The van der Waals surface area contributed by atoms with E-state index in [-0.39, 0.29) is 18.1 Å². The third kappa shape index (κ3) is 4.53. The van der Waals surface area contributed by atoms with Gasteiger partial charge in [-0.2, -0.15) is 0 Å². The molecule has 1 aromatic heterocycles. The summed E-state index contributed by atoms with van der Waals surface area (Å²) in [7, 11) is -0.583. The van der Waals surface area contributed by atoms with E-state index in [9.17, 15) is 19.6 Å². The molecule has 24 heavy (non-hydrogen) atoms. The summed E-state index contributed by atoms with van der Waals surface area (Å²) < 4.78 is 11.5. The number of carbonyl (C=O) groups is 1. The van der Waals surface area contributed by atoms with E-state index in [0.29, 0.717) is 5.03 Å². The van der Waals surface area contributed by atoms with Crippen molar-refractivity contribution < 1.29 is 19.6 Å². The van der Waals surface area contributed by atoms with Gasteiger partial charge in [-0.3, -0.25) is 9.36 Å². The summed E-state index contributed by atoms with van der Waals surface area (Å²) in [4.78, 5) is 16.0. The zero-order chi connectivity index (χ0) is 17.7.